The van der Waals surface area contributed by atoms with Crippen molar-refractivity contribution in [3.63, 3.8) is 0 Å². The minimum absolute atomic E-state index is 0.179. The molecule has 1 atom stereocenters. The molecule has 7 heteroatoms. The average Bonchev–Trinajstić information content (AvgIpc) is 3.42. The van der Waals surface area contributed by atoms with Crippen LogP contribution in [0.2, 0.25) is 0 Å². The lowest BCUT2D eigenvalue weighted by Gasteiger charge is -2.21. The van der Waals surface area contributed by atoms with Crippen LogP contribution in [0.3, 0.4) is 0 Å². The zero-order chi connectivity index (χ0) is 20.1. The molecule has 29 heavy (non-hydrogen) atoms. The Morgan fingerprint density at radius 3 is 2.90 bits per heavy atom. The van der Waals surface area contributed by atoms with Crippen molar-refractivity contribution in [2.24, 2.45) is 0 Å². The summed E-state index contributed by atoms with van der Waals surface area (Å²) in [5.74, 6) is 2.81. The van der Waals surface area contributed by atoms with Crippen LogP contribution in [0.4, 0.5) is 0 Å². The third-order valence-corrected chi connectivity index (χ3v) is 5.81. The van der Waals surface area contributed by atoms with E-state index < -0.39 is 0 Å². The second-order valence-electron chi connectivity index (χ2n) is 6.77. The Labute approximate surface area is 173 Å². The standard InChI is InChI=1S/C22H22N2O4S/c1-26-22(25)21-14-29-15-24(21)12-16-6-5-9-18(10-16)27-13-19-11-20(23-28-19)17-7-3-2-4-8-17/h2-11,21H,12-15H2,1H3. The maximum absolute atomic E-state index is 11.9. The van der Waals surface area contributed by atoms with Crippen LogP contribution < -0.4 is 4.74 Å². The molecule has 3 aromatic rings. The monoisotopic (exact) mass is 410 g/mol. The van der Waals surface area contributed by atoms with Crippen LogP contribution in [0.15, 0.2) is 65.2 Å². The van der Waals surface area contributed by atoms with Crippen molar-refractivity contribution in [1.29, 1.82) is 0 Å². The minimum atomic E-state index is -0.194. The van der Waals surface area contributed by atoms with Crippen LogP contribution >= 0.6 is 11.8 Å². The van der Waals surface area contributed by atoms with Gasteiger partial charge in [-0.2, -0.15) is 0 Å². The number of benzene rings is 2. The molecular weight excluding hydrogens is 388 g/mol. The van der Waals surface area contributed by atoms with Crippen LogP contribution in [0, 0.1) is 0 Å². The quantitative estimate of drug-likeness (QED) is 0.546. The number of esters is 1. The van der Waals surface area contributed by atoms with Crippen LogP contribution in [-0.4, -0.2) is 40.8 Å². The highest BCUT2D eigenvalue weighted by Crippen LogP contribution is 2.25. The van der Waals surface area contributed by atoms with E-state index in [9.17, 15) is 4.79 Å². The lowest BCUT2D eigenvalue weighted by Crippen LogP contribution is -2.38. The van der Waals surface area contributed by atoms with E-state index in [0.717, 1.165) is 34.2 Å². The summed E-state index contributed by atoms with van der Waals surface area (Å²) in [7, 11) is 1.44. The summed E-state index contributed by atoms with van der Waals surface area (Å²) >= 11 is 1.74. The highest BCUT2D eigenvalue weighted by atomic mass is 32.2. The first-order chi connectivity index (χ1) is 14.2. The maximum atomic E-state index is 11.9. The highest BCUT2D eigenvalue weighted by molar-refractivity contribution is 7.99. The van der Waals surface area contributed by atoms with Crippen molar-refractivity contribution in [2.75, 3.05) is 18.7 Å². The molecule has 1 aromatic heterocycles. The molecule has 0 radical (unpaired) electrons. The van der Waals surface area contributed by atoms with E-state index in [1.807, 2.05) is 60.7 Å². The van der Waals surface area contributed by atoms with Gasteiger partial charge in [-0.3, -0.25) is 9.69 Å². The summed E-state index contributed by atoms with van der Waals surface area (Å²) in [4.78, 5) is 14.1. The number of carbonyl (C=O) groups is 1. The third kappa shape index (κ3) is 4.81. The van der Waals surface area contributed by atoms with Crippen LogP contribution in [0.25, 0.3) is 11.3 Å². The molecule has 1 aliphatic heterocycles. The number of nitrogens with zero attached hydrogens (tertiary/aromatic N) is 2. The summed E-state index contributed by atoms with van der Waals surface area (Å²) in [5, 5.41) is 4.11. The van der Waals surface area contributed by atoms with Crippen molar-refractivity contribution in [3.8, 4) is 17.0 Å². The summed E-state index contributed by atoms with van der Waals surface area (Å²) in [5.41, 5.74) is 2.88. The first kappa shape index (κ1) is 19.5. The van der Waals surface area contributed by atoms with E-state index in [1.54, 1.807) is 11.8 Å². The molecule has 0 amide bonds. The van der Waals surface area contributed by atoms with Crippen LogP contribution in [-0.2, 0) is 22.7 Å². The fraction of sp³-hybridized carbons (Fsp3) is 0.273. The molecule has 1 unspecified atom stereocenters. The van der Waals surface area contributed by atoms with Gasteiger partial charge in [0.05, 0.1) is 7.11 Å². The second kappa shape index (κ2) is 9.15. The smallest absolute Gasteiger partial charge is 0.323 e. The molecule has 0 N–H and O–H groups in total. The first-order valence-electron chi connectivity index (χ1n) is 9.35. The molecule has 1 fully saturated rings. The van der Waals surface area contributed by atoms with E-state index in [0.29, 0.717) is 18.9 Å². The van der Waals surface area contributed by atoms with Gasteiger partial charge in [0.25, 0.3) is 0 Å². The number of aromatic nitrogens is 1. The molecule has 1 aliphatic rings. The number of hydrogen-bond acceptors (Lipinski definition) is 7. The summed E-state index contributed by atoms with van der Waals surface area (Å²) < 4.78 is 16.2. The van der Waals surface area contributed by atoms with Gasteiger partial charge >= 0.3 is 5.97 Å². The van der Waals surface area contributed by atoms with E-state index in [2.05, 4.69) is 10.1 Å². The molecule has 0 spiro atoms. The lowest BCUT2D eigenvalue weighted by atomic mass is 10.1. The Morgan fingerprint density at radius 2 is 2.07 bits per heavy atom. The van der Waals surface area contributed by atoms with Crippen molar-refractivity contribution in [1.82, 2.24) is 10.1 Å². The van der Waals surface area contributed by atoms with Gasteiger partial charge in [0.15, 0.2) is 5.76 Å². The number of thioether (sulfide) groups is 1. The lowest BCUT2D eigenvalue weighted by molar-refractivity contribution is -0.145. The summed E-state index contributed by atoms with van der Waals surface area (Å²) in [6.45, 7) is 0.970. The van der Waals surface area contributed by atoms with Gasteiger partial charge in [0.1, 0.15) is 24.1 Å². The Kier molecular flexibility index (Phi) is 6.17. The molecule has 2 heterocycles. The molecule has 4 rings (SSSR count). The number of ether oxygens (including phenoxy) is 2. The van der Waals surface area contributed by atoms with E-state index >= 15 is 0 Å². The predicted molar refractivity (Wildman–Crippen MR) is 111 cm³/mol. The fourth-order valence-corrected chi connectivity index (χ4v) is 4.42. The van der Waals surface area contributed by atoms with E-state index in [-0.39, 0.29) is 12.0 Å². The fourth-order valence-electron chi connectivity index (χ4n) is 3.23. The third-order valence-electron chi connectivity index (χ3n) is 4.74. The van der Waals surface area contributed by atoms with Crippen molar-refractivity contribution in [3.05, 3.63) is 72.0 Å². The van der Waals surface area contributed by atoms with Crippen LogP contribution in [0.5, 0.6) is 5.75 Å². The van der Waals surface area contributed by atoms with Gasteiger partial charge < -0.3 is 14.0 Å². The van der Waals surface area contributed by atoms with Crippen molar-refractivity contribution in [2.45, 2.75) is 19.2 Å². The molecule has 6 nitrogen and oxygen atoms in total. The van der Waals surface area contributed by atoms with Crippen molar-refractivity contribution < 1.29 is 18.8 Å². The summed E-state index contributed by atoms with van der Waals surface area (Å²) in [6, 6.07) is 19.5. The SMILES string of the molecule is COC(=O)C1CSCN1Cc1cccc(OCc2cc(-c3ccccc3)no2)c1. The number of hydrogen-bond donors (Lipinski definition) is 0. The largest absolute Gasteiger partial charge is 0.486 e. The predicted octanol–water partition coefficient (Wildman–Crippen LogP) is 3.97. The van der Waals surface area contributed by atoms with Gasteiger partial charge in [-0.1, -0.05) is 47.6 Å². The van der Waals surface area contributed by atoms with Gasteiger partial charge in [-0.05, 0) is 17.7 Å². The number of rotatable bonds is 7. The second-order valence-corrected chi connectivity index (χ2v) is 7.77. The van der Waals surface area contributed by atoms with Gasteiger partial charge in [0, 0.05) is 29.8 Å². The molecule has 150 valence electrons. The van der Waals surface area contributed by atoms with Crippen LogP contribution in [0.1, 0.15) is 11.3 Å². The molecule has 2 aromatic carbocycles. The van der Waals surface area contributed by atoms with Gasteiger partial charge in [0.2, 0.25) is 0 Å². The van der Waals surface area contributed by atoms with Gasteiger partial charge in [-0.25, -0.2) is 0 Å². The zero-order valence-corrected chi connectivity index (χ0v) is 16.9. The molecule has 0 saturated carbocycles. The van der Waals surface area contributed by atoms with E-state index in [4.69, 9.17) is 14.0 Å². The topological polar surface area (TPSA) is 64.8 Å². The van der Waals surface area contributed by atoms with Gasteiger partial charge in [-0.15, -0.1) is 11.8 Å². The Balaban J connectivity index is 1.37. The van der Waals surface area contributed by atoms with E-state index in [1.165, 1.54) is 7.11 Å². The average molecular weight is 410 g/mol. The zero-order valence-electron chi connectivity index (χ0n) is 16.1. The normalized spacial score (nSPS) is 16.7. The number of carbonyl (C=O) groups excluding carboxylic acids is 1. The highest BCUT2D eigenvalue weighted by Gasteiger charge is 2.31. The Morgan fingerprint density at radius 1 is 1.21 bits per heavy atom. The Hall–Kier alpha value is -2.77. The number of methoxy groups -OCH3 is 1. The first-order valence-corrected chi connectivity index (χ1v) is 10.5. The molecule has 0 bridgehead atoms. The molecule has 0 aliphatic carbocycles. The summed E-state index contributed by atoms with van der Waals surface area (Å²) in [6.07, 6.45) is 0. The molecule has 1 saturated heterocycles. The Bertz CT molecular complexity index is 960. The maximum Gasteiger partial charge on any atom is 0.323 e. The minimum Gasteiger partial charge on any atom is -0.486 e. The van der Waals surface area contributed by atoms with Crippen molar-refractivity contribution >= 4 is 17.7 Å². The molecular formula is C22H22N2O4S.